The van der Waals surface area contributed by atoms with Crippen molar-refractivity contribution in [2.75, 3.05) is 39.4 Å². The summed E-state index contributed by atoms with van der Waals surface area (Å²) in [6.07, 6.45) is 3.91. The Bertz CT molecular complexity index is 1080. The van der Waals surface area contributed by atoms with Crippen molar-refractivity contribution in [3.63, 3.8) is 0 Å². The van der Waals surface area contributed by atoms with Crippen LogP contribution in [-0.4, -0.2) is 66.0 Å². The number of aliphatic hydroxyl groups excluding tert-OH is 1. The van der Waals surface area contributed by atoms with E-state index in [2.05, 4.69) is 18.7 Å². The van der Waals surface area contributed by atoms with Crippen LogP contribution in [0.25, 0.3) is 6.08 Å². The van der Waals surface area contributed by atoms with Crippen molar-refractivity contribution >= 4 is 17.8 Å². The van der Waals surface area contributed by atoms with Crippen LogP contribution >= 0.6 is 0 Å². The van der Waals surface area contributed by atoms with E-state index in [-0.39, 0.29) is 11.4 Å². The lowest BCUT2D eigenvalue weighted by molar-refractivity contribution is -0.129. The number of carbonyl (C=O) groups is 2. The third-order valence-corrected chi connectivity index (χ3v) is 6.69. The summed E-state index contributed by atoms with van der Waals surface area (Å²) in [7, 11) is 0. The largest absolute Gasteiger partial charge is 0.503 e. The smallest absolute Gasteiger partial charge is 0.290 e. The highest BCUT2D eigenvalue weighted by atomic mass is 16.5. The molecule has 0 spiro atoms. The number of hydrogen-bond donors (Lipinski definition) is 1. The van der Waals surface area contributed by atoms with E-state index in [0.717, 1.165) is 50.4 Å². The van der Waals surface area contributed by atoms with Gasteiger partial charge in [-0.25, -0.2) is 0 Å². The van der Waals surface area contributed by atoms with Gasteiger partial charge in [0.05, 0.1) is 24.8 Å². The van der Waals surface area contributed by atoms with Crippen molar-refractivity contribution in [1.82, 2.24) is 9.80 Å². The number of allylic oxidation sites excluding steroid dienone is 1. The maximum atomic E-state index is 13.3. The van der Waals surface area contributed by atoms with E-state index in [0.29, 0.717) is 12.5 Å². The van der Waals surface area contributed by atoms with Crippen molar-refractivity contribution in [2.45, 2.75) is 32.2 Å². The minimum Gasteiger partial charge on any atom is -0.503 e. The Kier molecular flexibility index (Phi) is 8.16. The molecule has 2 aliphatic heterocycles. The summed E-state index contributed by atoms with van der Waals surface area (Å²) in [4.78, 5) is 30.4. The first kappa shape index (κ1) is 24.9. The Hall–Kier alpha value is -3.22. The lowest BCUT2D eigenvalue weighted by atomic mass is 9.93. The molecule has 2 heterocycles. The molecule has 6 nitrogen and oxygen atoms in total. The summed E-state index contributed by atoms with van der Waals surface area (Å²) in [5.41, 5.74) is 3.04. The maximum absolute atomic E-state index is 13.3. The third kappa shape index (κ3) is 5.89. The van der Waals surface area contributed by atoms with Gasteiger partial charge in [-0.3, -0.25) is 14.5 Å². The molecular weight excluding hydrogens is 440 g/mol. The van der Waals surface area contributed by atoms with Crippen LogP contribution in [0.1, 0.15) is 48.9 Å². The summed E-state index contributed by atoms with van der Waals surface area (Å²) in [5, 5.41) is 10.8. The first-order chi connectivity index (χ1) is 17.0. The molecule has 184 valence electrons. The predicted molar refractivity (Wildman–Crippen MR) is 137 cm³/mol. The first-order valence-electron chi connectivity index (χ1n) is 12.4. The lowest BCUT2D eigenvalue weighted by Gasteiger charge is -2.30. The summed E-state index contributed by atoms with van der Waals surface area (Å²) in [6.45, 7) is 8.75. The molecule has 1 N–H and O–H groups in total. The van der Waals surface area contributed by atoms with Gasteiger partial charge in [-0.2, -0.15) is 0 Å². The van der Waals surface area contributed by atoms with Gasteiger partial charge in [0.1, 0.15) is 0 Å². The molecule has 1 amide bonds. The van der Waals surface area contributed by atoms with E-state index in [4.69, 9.17) is 4.74 Å². The Balaban J connectivity index is 1.58. The zero-order valence-electron chi connectivity index (χ0n) is 20.5. The Morgan fingerprint density at radius 3 is 2.40 bits per heavy atom. The molecule has 2 aliphatic rings. The summed E-state index contributed by atoms with van der Waals surface area (Å²) in [5.74, 6) is -0.913. The van der Waals surface area contributed by atoms with E-state index in [1.807, 2.05) is 54.6 Å². The van der Waals surface area contributed by atoms with Gasteiger partial charge in [-0.15, -0.1) is 0 Å². The normalized spacial score (nSPS) is 19.3. The molecule has 4 rings (SSSR count). The van der Waals surface area contributed by atoms with Crippen LogP contribution in [0.2, 0.25) is 0 Å². The molecule has 2 aromatic carbocycles. The standard InChI is InChI=1S/C29H34N2O4/c1-21(2)23-10-12-24(13-11-23)27-26(25(32)14-9-22-7-4-3-5-8-22)28(33)29(34)31(27)16-6-15-30-17-19-35-20-18-30/h3-5,7-14,21,27,33H,6,15-20H2,1-2H3/b14-9+/t27-/m0/s1. The molecule has 35 heavy (non-hydrogen) atoms. The number of rotatable bonds is 9. The highest BCUT2D eigenvalue weighted by Gasteiger charge is 2.42. The van der Waals surface area contributed by atoms with Crippen molar-refractivity contribution in [3.05, 3.63) is 88.7 Å². The molecule has 6 heteroatoms. The molecule has 0 radical (unpaired) electrons. The average Bonchev–Trinajstić information content (AvgIpc) is 3.13. The van der Waals surface area contributed by atoms with E-state index in [9.17, 15) is 14.7 Å². The molecule has 0 aromatic heterocycles. The first-order valence-corrected chi connectivity index (χ1v) is 12.4. The Morgan fingerprint density at radius 1 is 1.06 bits per heavy atom. The minimum atomic E-state index is -0.610. The van der Waals surface area contributed by atoms with E-state index in [1.165, 1.54) is 11.6 Å². The van der Waals surface area contributed by atoms with Gasteiger partial charge in [-0.05, 0) is 35.1 Å². The fraction of sp³-hybridized carbons (Fsp3) is 0.379. The van der Waals surface area contributed by atoms with Crippen molar-refractivity contribution in [1.29, 1.82) is 0 Å². The second kappa shape index (κ2) is 11.5. The molecule has 2 aromatic rings. The average molecular weight is 475 g/mol. The molecular formula is C29H34N2O4. The fourth-order valence-electron chi connectivity index (χ4n) is 4.66. The van der Waals surface area contributed by atoms with Gasteiger partial charge in [-0.1, -0.05) is 74.5 Å². The zero-order chi connectivity index (χ0) is 24.8. The highest BCUT2D eigenvalue weighted by Crippen LogP contribution is 2.38. The van der Waals surface area contributed by atoms with Crippen LogP contribution in [-0.2, 0) is 14.3 Å². The van der Waals surface area contributed by atoms with Crippen LogP contribution in [0, 0.1) is 0 Å². The van der Waals surface area contributed by atoms with Gasteiger partial charge >= 0.3 is 0 Å². The predicted octanol–water partition coefficient (Wildman–Crippen LogP) is 4.51. The number of benzene rings is 2. The number of ketones is 1. The van der Waals surface area contributed by atoms with Crippen molar-refractivity contribution in [3.8, 4) is 0 Å². The monoisotopic (exact) mass is 474 g/mol. The van der Waals surface area contributed by atoms with Gasteiger partial charge in [0.25, 0.3) is 5.91 Å². The summed E-state index contributed by atoms with van der Waals surface area (Å²) < 4.78 is 5.42. The van der Waals surface area contributed by atoms with Gasteiger partial charge in [0.15, 0.2) is 11.5 Å². The van der Waals surface area contributed by atoms with Gasteiger partial charge in [0.2, 0.25) is 0 Å². The molecule has 0 saturated carbocycles. The molecule has 1 atom stereocenters. The maximum Gasteiger partial charge on any atom is 0.290 e. The quantitative estimate of drug-likeness (QED) is 0.542. The number of amides is 1. The summed E-state index contributed by atoms with van der Waals surface area (Å²) in [6, 6.07) is 16.9. The zero-order valence-corrected chi connectivity index (χ0v) is 20.5. The summed E-state index contributed by atoms with van der Waals surface area (Å²) >= 11 is 0. The number of carbonyl (C=O) groups excluding carboxylic acids is 2. The van der Waals surface area contributed by atoms with Gasteiger partial charge < -0.3 is 14.7 Å². The molecule has 0 unspecified atom stereocenters. The van der Waals surface area contributed by atoms with Crippen LogP contribution in [0.5, 0.6) is 0 Å². The minimum absolute atomic E-state index is 0.144. The van der Waals surface area contributed by atoms with Crippen LogP contribution in [0.4, 0.5) is 0 Å². The number of aliphatic hydroxyl groups is 1. The number of hydrogen-bond acceptors (Lipinski definition) is 5. The fourth-order valence-corrected chi connectivity index (χ4v) is 4.66. The van der Waals surface area contributed by atoms with Gasteiger partial charge in [0, 0.05) is 26.2 Å². The van der Waals surface area contributed by atoms with Crippen molar-refractivity contribution in [2.24, 2.45) is 0 Å². The molecule has 0 bridgehead atoms. The van der Waals surface area contributed by atoms with Crippen molar-refractivity contribution < 1.29 is 19.4 Å². The SMILES string of the molecule is CC(C)c1ccc([C@H]2C(C(=O)/C=C/c3ccccc3)=C(O)C(=O)N2CCCN2CCOCC2)cc1. The Labute approximate surface area is 207 Å². The van der Waals surface area contributed by atoms with E-state index < -0.39 is 17.7 Å². The number of morpholine rings is 1. The molecule has 1 saturated heterocycles. The number of ether oxygens (including phenoxy) is 1. The second-order valence-corrected chi connectivity index (χ2v) is 9.40. The molecule has 1 fully saturated rings. The lowest BCUT2D eigenvalue weighted by Crippen LogP contribution is -2.39. The Morgan fingerprint density at radius 2 is 1.74 bits per heavy atom. The van der Waals surface area contributed by atoms with Crippen LogP contribution < -0.4 is 0 Å². The topological polar surface area (TPSA) is 70.1 Å². The number of nitrogens with zero attached hydrogens (tertiary/aromatic N) is 2. The van der Waals surface area contributed by atoms with Crippen LogP contribution in [0.3, 0.4) is 0 Å². The highest BCUT2D eigenvalue weighted by molar-refractivity contribution is 6.14. The van der Waals surface area contributed by atoms with E-state index >= 15 is 0 Å². The second-order valence-electron chi connectivity index (χ2n) is 9.40. The van der Waals surface area contributed by atoms with E-state index in [1.54, 1.807) is 11.0 Å². The van der Waals surface area contributed by atoms with Crippen LogP contribution in [0.15, 0.2) is 72.0 Å². The molecule has 0 aliphatic carbocycles. The third-order valence-electron chi connectivity index (χ3n) is 6.69.